The van der Waals surface area contributed by atoms with Crippen LogP contribution in [-0.4, -0.2) is 32.2 Å². The van der Waals surface area contributed by atoms with Gasteiger partial charge in [-0.3, -0.25) is 4.79 Å². The van der Waals surface area contributed by atoms with Crippen LogP contribution < -0.4 is 20.5 Å². The Labute approximate surface area is 138 Å². The van der Waals surface area contributed by atoms with Crippen LogP contribution >= 0.6 is 12.4 Å². The summed E-state index contributed by atoms with van der Waals surface area (Å²) in [5.74, 6) is 1.75. The lowest BCUT2D eigenvalue weighted by atomic mass is 9.95. The van der Waals surface area contributed by atoms with Gasteiger partial charge in [0.05, 0.1) is 26.2 Å². The molecular formula is C16H25ClN2O3. The van der Waals surface area contributed by atoms with Gasteiger partial charge in [-0.2, -0.15) is 0 Å². The summed E-state index contributed by atoms with van der Waals surface area (Å²) in [7, 11) is 3.18. The summed E-state index contributed by atoms with van der Waals surface area (Å²) in [5, 5.41) is 3.08. The summed E-state index contributed by atoms with van der Waals surface area (Å²) in [6, 6.07) is 5.50. The van der Waals surface area contributed by atoms with Gasteiger partial charge in [0.15, 0.2) is 0 Å². The van der Waals surface area contributed by atoms with Gasteiger partial charge < -0.3 is 20.5 Å². The van der Waals surface area contributed by atoms with Crippen molar-refractivity contribution in [1.29, 1.82) is 0 Å². The molecule has 6 heteroatoms. The van der Waals surface area contributed by atoms with Crippen molar-refractivity contribution < 1.29 is 14.3 Å². The normalized spacial score (nSPS) is 16.2. The minimum Gasteiger partial charge on any atom is -0.496 e. The predicted molar refractivity (Wildman–Crippen MR) is 88.8 cm³/mol. The van der Waals surface area contributed by atoms with Gasteiger partial charge >= 0.3 is 0 Å². The second kappa shape index (κ2) is 7.70. The van der Waals surface area contributed by atoms with Crippen molar-refractivity contribution in [2.75, 3.05) is 20.8 Å². The highest BCUT2D eigenvalue weighted by molar-refractivity contribution is 5.85. The molecule has 1 fully saturated rings. The number of methoxy groups -OCH3 is 2. The number of rotatable bonds is 7. The molecule has 22 heavy (non-hydrogen) atoms. The minimum absolute atomic E-state index is 0. The highest BCUT2D eigenvalue weighted by atomic mass is 35.5. The number of hydrogen-bond donors (Lipinski definition) is 2. The molecule has 1 amide bonds. The van der Waals surface area contributed by atoms with E-state index in [1.807, 2.05) is 25.1 Å². The molecular weight excluding hydrogens is 304 g/mol. The van der Waals surface area contributed by atoms with Crippen LogP contribution in [0, 0.1) is 5.92 Å². The highest BCUT2D eigenvalue weighted by Crippen LogP contribution is 2.39. The molecule has 5 nitrogen and oxygen atoms in total. The Morgan fingerprint density at radius 1 is 1.32 bits per heavy atom. The maximum atomic E-state index is 12.4. The van der Waals surface area contributed by atoms with Gasteiger partial charge in [0, 0.05) is 12.1 Å². The van der Waals surface area contributed by atoms with E-state index in [-0.39, 0.29) is 30.3 Å². The number of hydrogen-bond acceptors (Lipinski definition) is 4. The van der Waals surface area contributed by atoms with Crippen LogP contribution in [0.1, 0.15) is 25.3 Å². The smallest absolute Gasteiger partial charge is 0.225 e. The van der Waals surface area contributed by atoms with E-state index in [1.54, 1.807) is 14.2 Å². The fourth-order valence-corrected chi connectivity index (χ4v) is 2.67. The lowest BCUT2D eigenvalue weighted by Crippen LogP contribution is -2.53. The van der Waals surface area contributed by atoms with E-state index >= 15 is 0 Å². The zero-order valence-electron chi connectivity index (χ0n) is 13.3. The van der Waals surface area contributed by atoms with Gasteiger partial charge in [-0.25, -0.2) is 0 Å². The molecule has 1 saturated carbocycles. The lowest BCUT2D eigenvalue weighted by Gasteiger charge is -2.29. The Balaban J connectivity index is 0.00000242. The molecule has 1 aliphatic carbocycles. The van der Waals surface area contributed by atoms with Gasteiger partial charge in [0.1, 0.15) is 11.5 Å². The number of nitrogens with one attached hydrogen (secondary N) is 1. The third kappa shape index (κ3) is 4.05. The zero-order chi connectivity index (χ0) is 15.5. The van der Waals surface area contributed by atoms with Crippen LogP contribution in [0.4, 0.5) is 0 Å². The monoisotopic (exact) mass is 328 g/mol. The minimum atomic E-state index is -0.313. The largest absolute Gasteiger partial charge is 0.496 e. The van der Waals surface area contributed by atoms with E-state index in [4.69, 9.17) is 15.2 Å². The van der Waals surface area contributed by atoms with Crippen molar-refractivity contribution in [2.45, 2.75) is 31.7 Å². The first-order valence-electron chi connectivity index (χ1n) is 7.25. The summed E-state index contributed by atoms with van der Waals surface area (Å²) in [4.78, 5) is 12.4. The molecule has 1 aliphatic rings. The third-order valence-electron chi connectivity index (χ3n) is 4.19. The van der Waals surface area contributed by atoms with Crippen molar-refractivity contribution in [2.24, 2.45) is 11.7 Å². The average Bonchev–Trinajstić information content (AvgIpc) is 3.32. The zero-order valence-corrected chi connectivity index (χ0v) is 14.2. The van der Waals surface area contributed by atoms with Crippen LogP contribution in [0.25, 0.3) is 0 Å². The van der Waals surface area contributed by atoms with Crippen LogP contribution in [0.2, 0.25) is 0 Å². The van der Waals surface area contributed by atoms with E-state index in [0.29, 0.717) is 24.0 Å². The summed E-state index contributed by atoms with van der Waals surface area (Å²) >= 11 is 0. The van der Waals surface area contributed by atoms with E-state index in [9.17, 15) is 4.79 Å². The van der Waals surface area contributed by atoms with Gasteiger partial charge in [0.2, 0.25) is 5.91 Å². The molecule has 3 N–H and O–H groups in total. The van der Waals surface area contributed by atoms with E-state index < -0.39 is 0 Å². The fourth-order valence-electron chi connectivity index (χ4n) is 2.67. The van der Waals surface area contributed by atoms with Gasteiger partial charge in [-0.15, -0.1) is 12.4 Å². The van der Waals surface area contributed by atoms with E-state index in [0.717, 1.165) is 18.4 Å². The number of nitrogens with two attached hydrogens (primary N) is 1. The average molecular weight is 329 g/mol. The molecule has 124 valence electrons. The summed E-state index contributed by atoms with van der Waals surface area (Å²) in [6.45, 7) is 2.47. The summed E-state index contributed by atoms with van der Waals surface area (Å²) in [6.07, 6.45) is 2.48. The van der Waals surface area contributed by atoms with Crippen LogP contribution in [0.15, 0.2) is 18.2 Å². The Morgan fingerprint density at radius 3 is 2.27 bits per heavy atom. The van der Waals surface area contributed by atoms with Crippen molar-refractivity contribution >= 4 is 18.3 Å². The topological polar surface area (TPSA) is 73.6 Å². The molecule has 0 saturated heterocycles. The second-order valence-electron chi connectivity index (χ2n) is 5.76. The van der Waals surface area contributed by atoms with Gasteiger partial charge in [-0.05, 0) is 37.8 Å². The molecule has 0 aliphatic heterocycles. The first-order chi connectivity index (χ1) is 10.0. The Hall–Kier alpha value is -1.46. The van der Waals surface area contributed by atoms with E-state index in [2.05, 4.69) is 5.32 Å². The van der Waals surface area contributed by atoms with Crippen LogP contribution in [0.5, 0.6) is 11.5 Å². The summed E-state index contributed by atoms with van der Waals surface area (Å²) < 4.78 is 10.6. The number of halogens is 1. The van der Waals surface area contributed by atoms with Gasteiger partial charge in [-0.1, -0.05) is 6.07 Å². The second-order valence-corrected chi connectivity index (χ2v) is 5.76. The van der Waals surface area contributed by atoms with Crippen molar-refractivity contribution in [3.8, 4) is 11.5 Å². The fraction of sp³-hybridized carbons (Fsp3) is 0.562. The molecule has 2 rings (SSSR count). The molecule has 1 aromatic rings. The van der Waals surface area contributed by atoms with Gasteiger partial charge in [0.25, 0.3) is 0 Å². The van der Waals surface area contributed by atoms with Crippen molar-refractivity contribution in [3.05, 3.63) is 23.8 Å². The maximum absolute atomic E-state index is 12.4. The standard InChI is InChI=1S/C16H24N2O3.ClH/c1-16(10-17,11-7-8-11)18-15(19)9-12-13(20-2)5-4-6-14(12)21-3;/h4-6,11H,7-10,17H2,1-3H3,(H,18,19);1H. The molecule has 0 bridgehead atoms. The first kappa shape index (κ1) is 18.6. The third-order valence-corrected chi connectivity index (χ3v) is 4.19. The molecule has 1 atom stereocenters. The van der Waals surface area contributed by atoms with Crippen LogP contribution in [-0.2, 0) is 11.2 Å². The lowest BCUT2D eigenvalue weighted by molar-refractivity contribution is -0.122. The number of carbonyl (C=O) groups excluding carboxylic acids is 1. The van der Waals surface area contributed by atoms with Crippen LogP contribution in [0.3, 0.4) is 0 Å². The molecule has 1 aromatic carbocycles. The van der Waals surface area contributed by atoms with Crippen molar-refractivity contribution in [3.63, 3.8) is 0 Å². The molecule has 0 aromatic heterocycles. The molecule has 1 unspecified atom stereocenters. The Kier molecular flexibility index (Phi) is 6.50. The SMILES string of the molecule is COc1cccc(OC)c1CC(=O)NC(C)(CN)C1CC1.Cl. The Bertz CT molecular complexity index is 498. The van der Waals surface area contributed by atoms with E-state index in [1.165, 1.54) is 0 Å². The predicted octanol–water partition coefficient (Wildman–Crippen LogP) is 1.91. The number of carbonyl (C=O) groups is 1. The van der Waals surface area contributed by atoms with Crippen molar-refractivity contribution in [1.82, 2.24) is 5.32 Å². The quantitative estimate of drug-likeness (QED) is 0.802. The highest BCUT2D eigenvalue weighted by Gasteiger charge is 2.41. The maximum Gasteiger partial charge on any atom is 0.225 e. The number of amides is 1. The number of ether oxygens (including phenoxy) is 2. The summed E-state index contributed by atoms with van der Waals surface area (Å²) in [5.41, 5.74) is 6.28. The molecule has 0 heterocycles. The first-order valence-corrected chi connectivity index (χ1v) is 7.25. The Morgan fingerprint density at radius 2 is 1.86 bits per heavy atom. The number of benzene rings is 1. The molecule has 0 radical (unpaired) electrons. The molecule has 0 spiro atoms.